The van der Waals surface area contributed by atoms with E-state index in [0.29, 0.717) is 6.04 Å². The zero-order valence-corrected chi connectivity index (χ0v) is 12.9. The summed E-state index contributed by atoms with van der Waals surface area (Å²) in [5.74, 6) is 0.728. The molecule has 0 atom stereocenters. The smallest absolute Gasteiger partial charge is 0.316 e. The molecule has 1 aromatic rings. The number of carbonyl (C=O) groups is 1. The molecule has 21 heavy (non-hydrogen) atoms. The molecule has 0 bridgehead atoms. The molecule has 0 aromatic heterocycles. The maximum Gasteiger partial charge on any atom is 0.316 e. The lowest BCUT2D eigenvalue weighted by Crippen LogP contribution is -2.40. The van der Waals surface area contributed by atoms with Crippen LogP contribution in [-0.4, -0.2) is 36.6 Å². The van der Waals surface area contributed by atoms with E-state index >= 15 is 0 Å². The molecule has 0 saturated carbocycles. The number of nitrogens with two attached hydrogens (primary N) is 1. The van der Waals surface area contributed by atoms with Crippen molar-refractivity contribution in [2.24, 2.45) is 11.7 Å². The minimum absolute atomic E-state index is 0.497. The van der Waals surface area contributed by atoms with Crippen molar-refractivity contribution in [2.45, 2.75) is 32.7 Å². The summed E-state index contributed by atoms with van der Waals surface area (Å²) in [6.07, 6.45) is 2.31. The molecule has 2 amide bonds. The molecule has 116 valence electrons. The molecule has 1 saturated heterocycles. The Labute approximate surface area is 126 Å². The van der Waals surface area contributed by atoms with E-state index in [9.17, 15) is 4.79 Å². The van der Waals surface area contributed by atoms with E-state index < -0.39 is 6.03 Å². The van der Waals surface area contributed by atoms with E-state index in [2.05, 4.69) is 29.4 Å². The quantitative estimate of drug-likeness (QED) is 0.781. The monoisotopic (exact) mass is 290 g/mol. The van der Waals surface area contributed by atoms with Gasteiger partial charge in [-0.1, -0.05) is 19.9 Å². The van der Waals surface area contributed by atoms with Gasteiger partial charge in [0.25, 0.3) is 0 Å². The second-order valence-corrected chi connectivity index (χ2v) is 6.18. The van der Waals surface area contributed by atoms with Gasteiger partial charge >= 0.3 is 6.03 Å². The van der Waals surface area contributed by atoms with Crippen molar-refractivity contribution in [3.8, 4) is 0 Å². The number of likely N-dealkylation sites (tertiary alicyclic amines) is 1. The highest BCUT2D eigenvalue weighted by molar-refractivity contribution is 5.88. The predicted octanol–water partition coefficient (Wildman–Crippen LogP) is 2.71. The summed E-state index contributed by atoms with van der Waals surface area (Å²) in [4.78, 5) is 13.4. The van der Waals surface area contributed by atoms with Crippen LogP contribution in [0.5, 0.6) is 0 Å². The van der Waals surface area contributed by atoms with Gasteiger partial charge in [0.2, 0.25) is 0 Å². The van der Waals surface area contributed by atoms with Gasteiger partial charge < -0.3 is 21.3 Å². The number of nitrogens with zero attached hydrogens (tertiary/aromatic N) is 1. The number of benzene rings is 1. The molecule has 5 heteroatoms. The highest BCUT2D eigenvalue weighted by Crippen LogP contribution is 2.20. The summed E-state index contributed by atoms with van der Waals surface area (Å²) in [5.41, 5.74) is 6.90. The molecule has 1 aliphatic rings. The molecular formula is C16H26N4O. The molecule has 0 spiro atoms. The van der Waals surface area contributed by atoms with Crippen LogP contribution in [0.4, 0.5) is 16.2 Å². The number of anilines is 2. The van der Waals surface area contributed by atoms with Crippen LogP contribution >= 0.6 is 0 Å². The van der Waals surface area contributed by atoms with Crippen LogP contribution in [0, 0.1) is 5.92 Å². The standard InChI is InChI=1S/C16H26N4O/c1-12(2)11-20-8-6-13(7-9-20)18-14-4-3-5-15(10-14)19-16(17)21/h3-5,10,12-13,18H,6-9,11H2,1-2H3,(H3,17,19,21). The summed E-state index contributed by atoms with van der Waals surface area (Å²) in [6.45, 7) is 8.01. The average molecular weight is 290 g/mol. The van der Waals surface area contributed by atoms with Gasteiger partial charge in [0.1, 0.15) is 0 Å². The zero-order chi connectivity index (χ0) is 15.2. The van der Waals surface area contributed by atoms with E-state index in [1.807, 2.05) is 24.3 Å². The maximum atomic E-state index is 10.9. The lowest BCUT2D eigenvalue weighted by molar-refractivity contribution is 0.198. The van der Waals surface area contributed by atoms with Crippen LogP contribution in [0.25, 0.3) is 0 Å². The van der Waals surface area contributed by atoms with E-state index in [4.69, 9.17) is 5.73 Å². The highest BCUT2D eigenvalue weighted by Gasteiger charge is 2.19. The normalized spacial score (nSPS) is 16.9. The van der Waals surface area contributed by atoms with Crippen molar-refractivity contribution in [3.63, 3.8) is 0 Å². The molecule has 1 aliphatic heterocycles. The fourth-order valence-electron chi connectivity index (χ4n) is 2.84. The molecular weight excluding hydrogens is 264 g/mol. The molecule has 1 heterocycles. The zero-order valence-electron chi connectivity index (χ0n) is 12.9. The number of urea groups is 1. The van der Waals surface area contributed by atoms with Gasteiger partial charge in [0.05, 0.1) is 0 Å². The van der Waals surface area contributed by atoms with Crippen molar-refractivity contribution < 1.29 is 4.79 Å². The number of hydrogen-bond donors (Lipinski definition) is 3. The van der Waals surface area contributed by atoms with Gasteiger partial charge in [-0.2, -0.15) is 0 Å². The van der Waals surface area contributed by atoms with E-state index in [1.165, 1.54) is 6.54 Å². The van der Waals surface area contributed by atoms with Crippen molar-refractivity contribution in [1.82, 2.24) is 4.90 Å². The minimum Gasteiger partial charge on any atom is -0.382 e. The molecule has 4 N–H and O–H groups in total. The summed E-state index contributed by atoms with van der Waals surface area (Å²) < 4.78 is 0. The maximum absolute atomic E-state index is 10.9. The van der Waals surface area contributed by atoms with Gasteiger partial charge in [0.15, 0.2) is 0 Å². The molecule has 0 aliphatic carbocycles. The number of primary amides is 1. The van der Waals surface area contributed by atoms with Crippen LogP contribution < -0.4 is 16.4 Å². The van der Waals surface area contributed by atoms with Crippen molar-refractivity contribution in [3.05, 3.63) is 24.3 Å². The number of piperidine rings is 1. The van der Waals surface area contributed by atoms with Crippen LogP contribution in [0.2, 0.25) is 0 Å². The summed E-state index contributed by atoms with van der Waals surface area (Å²) in [7, 11) is 0. The summed E-state index contributed by atoms with van der Waals surface area (Å²) >= 11 is 0. The Balaban J connectivity index is 1.84. The molecule has 0 radical (unpaired) electrons. The fraction of sp³-hybridized carbons (Fsp3) is 0.562. The number of nitrogens with one attached hydrogen (secondary N) is 2. The summed E-state index contributed by atoms with van der Waals surface area (Å²) in [5, 5.41) is 6.15. The first-order valence-corrected chi connectivity index (χ1v) is 7.68. The van der Waals surface area contributed by atoms with E-state index in [-0.39, 0.29) is 0 Å². The van der Waals surface area contributed by atoms with Crippen molar-refractivity contribution in [2.75, 3.05) is 30.3 Å². The number of amides is 2. The first kappa shape index (κ1) is 15.6. The Hall–Kier alpha value is -1.75. The Morgan fingerprint density at radius 1 is 1.33 bits per heavy atom. The second kappa shape index (κ2) is 7.31. The third-order valence-electron chi connectivity index (χ3n) is 3.71. The van der Waals surface area contributed by atoms with Gasteiger partial charge in [-0.05, 0) is 37.0 Å². The van der Waals surface area contributed by atoms with Gasteiger partial charge in [0, 0.05) is 37.1 Å². The lowest BCUT2D eigenvalue weighted by Gasteiger charge is -2.33. The topological polar surface area (TPSA) is 70.4 Å². The average Bonchev–Trinajstić information content (AvgIpc) is 2.40. The lowest BCUT2D eigenvalue weighted by atomic mass is 10.0. The predicted molar refractivity (Wildman–Crippen MR) is 87.6 cm³/mol. The first-order valence-electron chi connectivity index (χ1n) is 7.68. The van der Waals surface area contributed by atoms with E-state index in [0.717, 1.165) is 43.2 Å². The minimum atomic E-state index is -0.533. The molecule has 0 unspecified atom stereocenters. The van der Waals surface area contributed by atoms with Crippen LogP contribution in [0.1, 0.15) is 26.7 Å². The van der Waals surface area contributed by atoms with Crippen molar-refractivity contribution >= 4 is 17.4 Å². The second-order valence-electron chi connectivity index (χ2n) is 6.18. The largest absolute Gasteiger partial charge is 0.382 e. The van der Waals surface area contributed by atoms with Crippen molar-refractivity contribution in [1.29, 1.82) is 0 Å². The summed E-state index contributed by atoms with van der Waals surface area (Å²) in [6, 6.07) is 7.66. The third-order valence-corrected chi connectivity index (χ3v) is 3.71. The SMILES string of the molecule is CC(C)CN1CCC(Nc2cccc(NC(N)=O)c2)CC1. The van der Waals surface area contributed by atoms with Crippen LogP contribution in [0.3, 0.4) is 0 Å². The Morgan fingerprint density at radius 2 is 2.00 bits per heavy atom. The molecule has 2 rings (SSSR count). The molecule has 5 nitrogen and oxygen atoms in total. The highest BCUT2D eigenvalue weighted by atomic mass is 16.2. The van der Waals surface area contributed by atoms with Gasteiger partial charge in [-0.3, -0.25) is 0 Å². The number of rotatable bonds is 5. The Bertz CT molecular complexity index is 467. The fourth-order valence-corrected chi connectivity index (χ4v) is 2.84. The van der Waals surface area contributed by atoms with E-state index in [1.54, 1.807) is 0 Å². The molecule has 1 aromatic carbocycles. The van der Waals surface area contributed by atoms with Gasteiger partial charge in [-0.15, -0.1) is 0 Å². The molecule has 1 fully saturated rings. The first-order chi connectivity index (χ1) is 10.0. The number of carbonyl (C=O) groups excluding carboxylic acids is 1. The van der Waals surface area contributed by atoms with Crippen LogP contribution in [-0.2, 0) is 0 Å². The number of hydrogen-bond acceptors (Lipinski definition) is 3. The Morgan fingerprint density at radius 3 is 2.62 bits per heavy atom. The third kappa shape index (κ3) is 5.27. The van der Waals surface area contributed by atoms with Crippen LogP contribution in [0.15, 0.2) is 24.3 Å². The van der Waals surface area contributed by atoms with Gasteiger partial charge in [-0.25, -0.2) is 4.79 Å². The Kier molecular flexibility index (Phi) is 5.44.